The van der Waals surface area contributed by atoms with Crippen LogP contribution in [0.3, 0.4) is 0 Å². The number of methoxy groups -OCH3 is 1. The second-order valence-electron chi connectivity index (χ2n) is 5.81. The van der Waals surface area contributed by atoms with Crippen LogP contribution < -0.4 is 15.0 Å². The van der Waals surface area contributed by atoms with Crippen LogP contribution >= 0.6 is 22.9 Å². The van der Waals surface area contributed by atoms with E-state index in [9.17, 15) is 4.79 Å². The Labute approximate surface area is 137 Å². The van der Waals surface area contributed by atoms with Crippen molar-refractivity contribution in [1.29, 1.82) is 0 Å². The summed E-state index contributed by atoms with van der Waals surface area (Å²) in [6, 6.07) is 4.08. The van der Waals surface area contributed by atoms with E-state index in [0.717, 1.165) is 47.0 Å². The van der Waals surface area contributed by atoms with E-state index in [1.165, 1.54) is 0 Å². The molecule has 1 aliphatic heterocycles. The number of hydrogen-bond acceptors (Lipinski definition) is 5. The highest BCUT2D eigenvalue weighted by molar-refractivity contribution is 7.22. The number of nitrogens with one attached hydrogen (secondary N) is 1. The van der Waals surface area contributed by atoms with Gasteiger partial charge < -0.3 is 15.0 Å². The van der Waals surface area contributed by atoms with E-state index >= 15 is 0 Å². The van der Waals surface area contributed by atoms with Gasteiger partial charge in [0.25, 0.3) is 0 Å². The van der Waals surface area contributed by atoms with Crippen LogP contribution in [0, 0.1) is 5.92 Å². The van der Waals surface area contributed by atoms with Gasteiger partial charge in [0.2, 0.25) is 5.91 Å². The summed E-state index contributed by atoms with van der Waals surface area (Å²) < 4.78 is 6.27. The fraction of sp³-hybridized carbons (Fsp3) is 0.467. The first-order chi connectivity index (χ1) is 10.7. The Morgan fingerprint density at radius 3 is 2.91 bits per heavy atom. The fourth-order valence-corrected chi connectivity index (χ4v) is 3.86. The second kappa shape index (κ2) is 5.28. The van der Waals surface area contributed by atoms with Gasteiger partial charge in [0.1, 0.15) is 11.3 Å². The minimum Gasteiger partial charge on any atom is -0.494 e. The maximum Gasteiger partial charge on any atom is 0.226 e. The summed E-state index contributed by atoms with van der Waals surface area (Å²) in [6.07, 6.45) is 2.25. The summed E-state index contributed by atoms with van der Waals surface area (Å²) in [4.78, 5) is 18.7. The molecule has 2 heterocycles. The molecule has 1 saturated heterocycles. The fourth-order valence-electron chi connectivity index (χ4n) is 2.59. The van der Waals surface area contributed by atoms with Gasteiger partial charge in [-0.05, 0) is 25.0 Å². The Kier molecular flexibility index (Phi) is 3.38. The number of anilines is 1. The number of rotatable bonds is 4. The number of nitrogens with zero attached hydrogens (tertiary/aromatic N) is 2. The van der Waals surface area contributed by atoms with Gasteiger partial charge in [-0.15, -0.1) is 0 Å². The van der Waals surface area contributed by atoms with Gasteiger partial charge in [0.05, 0.1) is 22.8 Å². The molecule has 2 aromatic rings. The van der Waals surface area contributed by atoms with Crippen LogP contribution in [0.2, 0.25) is 5.02 Å². The van der Waals surface area contributed by atoms with Gasteiger partial charge in [0, 0.05) is 19.1 Å². The van der Waals surface area contributed by atoms with E-state index in [0.29, 0.717) is 11.1 Å². The molecule has 116 valence electrons. The number of amides is 1. The lowest BCUT2D eigenvalue weighted by atomic mass is 10.0. The molecular weight excluding hydrogens is 322 g/mol. The molecule has 1 saturated carbocycles. The van der Waals surface area contributed by atoms with Crippen LogP contribution in [0.15, 0.2) is 12.1 Å². The van der Waals surface area contributed by atoms with Crippen LogP contribution in [-0.2, 0) is 4.79 Å². The molecular formula is C15H16ClN3O2S. The molecule has 1 amide bonds. The number of hydrogen-bond donors (Lipinski definition) is 1. The topological polar surface area (TPSA) is 54.5 Å². The highest BCUT2D eigenvalue weighted by atomic mass is 35.5. The van der Waals surface area contributed by atoms with Crippen molar-refractivity contribution in [1.82, 2.24) is 10.3 Å². The molecule has 2 aliphatic rings. The molecule has 5 nitrogen and oxygen atoms in total. The zero-order chi connectivity index (χ0) is 15.3. The first-order valence-corrected chi connectivity index (χ1v) is 8.53. The molecule has 0 radical (unpaired) electrons. The summed E-state index contributed by atoms with van der Waals surface area (Å²) in [7, 11) is 1.63. The zero-order valence-electron chi connectivity index (χ0n) is 12.1. The normalized spacial score (nSPS) is 18.4. The molecule has 0 spiro atoms. The summed E-state index contributed by atoms with van der Waals surface area (Å²) in [5, 5.41) is 4.64. The number of ether oxygens (including phenoxy) is 1. The summed E-state index contributed by atoms with van der Waals surface area (Å²) >= 11 is 7.79. The third-order valence-corrected chi connectivity index (χ3v) is 5.69. The first kappa shape index (κ1) is 14.1. The summed E-state index contributed by atoms with van der Waals surface area (Å²) in [5.74, 6) is 0.978. The lowest BCUT2D eigenvalue weighted by Crippen LogP contribution is -2.54. The van der Waals surface area contributed by atoms with Gasteiger partial charge in [-0.3, -0.25) is 4.79 Å². The van der Waals surface area contributed by atoms with Crippen molar-refractivity contribution in [2.45, 2.75) is 18.9 Å². The molecule has 22 heavy (non-hydrogen) atoms. The maximum absolute atomic E-state index is 12.0. The number of halogens is 1. The molecule has 0 bridgehead atoms. The van der Waals surface area contributed by atoms with Gasteiger partial charge in [0.15, 0.2) is 5.13 Å². The molecule has 0 atom stereocenters. The predicted octanol–water partition coefficient (Wildman–Crippen LogP) is 2.67. The number of aromatic nitrogens is 1. The van der Waals surface area contributed by atoms with Crippen LogP contribution in [-0.4, -0.2) is 37.1 Å². The van der Waals surface area contributed by atoms with E-state index < -0.39 is 0 Å². The SMILES string of the molecule is COc1ccc(Cl)c2sc(N3CC(C(=O)NC4CC4)C3)nc12. The highest BCUT2D eigenvalue weighted by Gasteiger charge is 2.36. The number of carbonyl (C=O) groups excluding carboxylic acids is 1. The average molecular weight is 338 g/mol. The van der Waals surface area contributed by atoms with Gasteiger partial charge in [-0.2, -0.15) is 0 Å². The molecule has 4 rings (SSSR count). The predicted molar refractivity (Wildman–Crippen MR) is 88.0 cm³/mol. The Morgan fingerprint density at radius 2 is 2.23 bits per heavy atom. The molecule has 1 N–H and O–H groups in total. The van der Waals surface area contributed by atoms with Gasteiger partial charge >= 0.3 is 0 Å². The Bertz CT molecular complexity index is 738. The van der Waals surface area contributed by atoms with Crippen molar-refractivity contribution < 1.29 is 9.53 Å². The van der Waals surface area contributed by atoms with Crippen molar-refractivity contribution in [3.8, 4) is 5.75 Å². The number of thiazole rings is 1. The Morgan fingerprint density at radius 1 is 1.45 bits per heavy atom. The first-order valence-electron chi connectivity index (χ1n) is 7.34. The summed E-state index contributed by atoms with van der Waals surface area (Å²) in [5.41, 5.74) is 0.792. The number of fused-ring (bicyclic) bond motifs is 1. The zero-order valence-corrected chi connectivity index (χ0v) is 13.7. The lowest BCUT2D eigenvalue weighted by Gasteiger charge is -2.37. The molecule has 7 heteroatoms. The monoisotopic (exact) mass is 337 g/mol. The van der Waals surface area contributed by atoms with Crippen molar-refractivity contribution >= 4 is 44.2 Å². The van der Waals surface area contributed by atoms with Crippen LogP contribution in [0.1, 0.15) is 12.8 Å². The smallest absolute Gasteiger partial charge is 0.226 e. The summed E-state index contributed by atoms with van der Waals surface area (Å²) in [6.45, 7) is 1.44. The van der Waals surface area contributed by atoms with E-state index in [1.807, 2.05) is 12.1 Å². The minimum absolute atomic E-state index is 0.0741. The molecule has 2 fully saturated rings. The molecule has 1 aromatic carbocycles. The second-order valence-corrected chi connectivity index (χ2v) is 7.19. The van der Waals surface area contributed by atoms with E-state index in [2.05, 4.69) is 15.2 Å². The average Bonchev–Trinajstić information content (AvgIpc) is 3.14. The molecule has 1 aromatic heterocycles. The third-order valence-electron chi connectivity index (χ3n) is 4.11. The van der Waals surface area contributed by atoms with Crippen LogP contribution in [0.25, 0.3) is 10.2 Å². The third kappa shape index (κ3) is 2.40. The largest absolute Gasteiger partial charge is 0.494 e. The Hall–Kier alpha value is -1.53. The molecule has 1 aliphatic carbocycles. The van der Waals surface area contributed by atoms with Crippen molar-refractivity contribution in [2.75, 3.05) is 25.1 Å². The van der Waals surface area contributed by atoms with Crippen LogP contribution in [0.5, 0.6) is 5.75 Å². The van der Waals surface area contributed by atoms with E-state index in [-0.39, 0.29) is 11.8 Å². The lowest BCUT2D eigenvalue weighted by molar-refractivity contribution is -0.125. The van der Waals surface area contributed by atoms with Crippen molar-refractivity contribution in [3.05, 3.63) is 17.2 Å². The Balaban J connectivity index is 1.51. The minimum atomic E-state index is 0.0741. The van der Waals surface area contributed by atoms with Crippen molar-refractivity contribution in [3.63, 3.8) is 0 Å². The number of carbonyl (C=O) groups is 1. The van der Waals surface area contributed by atoms with Gasteiger partial charge in [-0.1, -0.05) is 22.9 Å². The standard InChI is InChI=1S/C15H16ClN3O2S/c1-21-11-5-4-10(16)13-12(11)18-15(22-13)19-6-8(7-19)14(20)17-9-2-3-9/h4-5,8-9H,2-3,6-7H2,1H3,(H,17,20). The molecule has 0 unspecified atom stereocenters. The van der Waals surface area contributed by atoms with E-state index in [1.54, 1.807) is 18.4 Å². The van der Waals surface area contributed by atoms with Crippen molar-refractivity contribution in [2.24, 2.45) is 5.92 Å². The quantitative estimate of drug-likeness (QED) is 0.932. The number of benzene rings is 1. The maximum atomic E-state index is 12.0. The van der Waals surface area contributed by atoms with Crippen LogP contribution in [0.4, 0.5) is 5.13 Å². The van der Waals surface area contributed by atoms with Gasteiger partial charge in [-0.25, -0.2) is 4.98 Å². The van der Waals surface area contributed by atoms with E-state index in [4.69, 9.17) is 16.3 Å². The highest BCUT2D eigenvalue weighted by Crippen LogP contribution is 2.40.